The van der Waals surface area contributed by atoms with Crippen molar-refractivity contribution in [3.8, 4) is 11.5 Å². The highest BCUT2D eigenvalue weighted by Gasteiger charge is 2.29. The highest BCUT2D eigenvalue weighted by atomic mass is 32.1. The minimum atomic E-state index is -0.484. The zero-order chi connectivity index (χ0) is 19.8. The van der Waals surface area contributed by atoms with Crippen molar-refractivity contribution in [1.29, 1.82) is 0 Å². The van der Waals surface area contributed by atoms with Gasteiger partial charge in [-0.05, 0) is 36.5 Å². The summed E-state index contributed by atoms with van der Waals surface area (Å²) in [6.45, 7) is -0.227. The van der Waals surface area contributed by atoms with Crippen LogP contribution < -0.4 is 26.0 Å². The van der Waals surface area contributed by atoms with Gasteiger partial charge >= 0.3 is 5.69 Å². The number of aromatic nitrogens is 3. The molecule has 0 radical (unpaired) electrons. The Morgan fingerprint density at radius 3 is 2.68 bits per heavy atom. The van der Waals surface area contributed by atoms with Gasteiger partial charge in [0.15, 0.2) is 17.0 Å². The van der Waals surface area contributed by atoms with E-state index < -0.39 is 11.6 Å². The molecule has 10 heteroatoms. The SMILES string of the molecule is COc1ccc(NC(=O)Cn2c(=O)n(C3CC3)c(=O)c3nscc32)cc1OC. The van der Waals surface area contributed by atoms with E-state index >= 15 is 0 Å². The van der Waals surface area contributed by atoms with Crippen molar-refractivity contribution in [1.82, 2.24) is 13.5 Å². The number of methoxy groups -OCH3 is 2. The second-order valence-electron chi connectivity index (χ2n) is 6.44. The maximum absolute atomic E-state index is 12.8. The number of nitrogens with zero attached hydrogens (tertiary/aromatic N) is 3. The summed E-state index contributed by atoms with van der Waals surface area (Å²) >= 11 is 1.09. The van der Waals surface area contributed by atoms with Gasteiger partial charge in [0, 0.05) is 23.2 Å². The van der Waals surface area contributed by atoms with Gasteiger partial charge in [-0.1, -0.05) is 0 Å². The largest absolute Gasteiger partial charge is 0.493 e. The number of hydrogen-bond acceptors (Lipinski definition) is 7. The number of nitrogens with one attached hydrogen (secondary N) is 1. The summed E-state index contributed by atoms with van der Waals surface area (Å²) in [7, 11) is 3.03. The van der Waals surface area contributed by atoms with E-state index in [4.69, 9.17) is 9.47 Å². The molecule has 1 aliphatic rings. The lowest BCUT2D eigenvalue weighted by Gasteiger charge is -2.13. The van der Waals surface area contributed by atoms with Crippen LogP contribution in [-0.2, 0) is 11.3 Å². The molecule has 0 bridgehead atoms. The molecule has 146 valence electrons. The number of amides is 1. The molecule has 9 nitrogen and oxygen atoms in total. The quantitative estimate of drug-likeness (QED) is 0.672. The highest BCUT2D eigenvalue weighted by Crippen LogP contribution is 2.32. The van der Waals surface area contributed by atoms with Crippen LogP contribution in [0.1, 0.15) is 18.9 Å². The number of benzene rings is 1. The predicted octanol–water partition coefficient (Wildman–Crippen LogP) is 1.61. The lowest BCUT2D eigenvalue weighted by Crippen LogP contribution is -2.41. The third-order valence-corrected chi connectivity index (χ3v) is 5.20. The fraction of sp³-hybridized carbons (Fsp3) is 0.333. The zero-order valence-electron chi connectivity index (χ0n) is 15.3. The summed E-state index contributed by atoms with van der Waals surface area (Å²) in [5, 5.41) is 4.35. The summed E-state index contributed by atoms with van der Waals surface area (Å²) in [6.07, 6.45) is 1.56. The van der Waals surface area contributed by atoms with Gasteiger partial charge in [0.05, 0.1) is 19.7 Å². The third-order valence-electron chi connectivity index (χ3n) is 4.58. The molecule has 1 saturated carbocycles. The monoisotopic (exact) mass is 402 g/mol. The van der Waals surface area contributed by atoms with Crippen molar-refractivity contribution >= 4 is 34.2 Å². The van der Waals surface area contributed by atoms with Crippen LogP contribution in [0.2, 0.25) is 0 Å². The van der Waals surface area contributed by atoms with Gasteiger partial charge in [0.1, 0.15) is 6.54 Å². The molecule has 1 fully saturated rings. The van der Waals surface area contributed by atoms with E-state index in [0.29, 0.717) is 22.7 Å². The van der Waals surface area contributed by atoms with Gasteiger partial charge in [-0.15, -0.1) is 0 Å². The molecule has 1 aliphatic carbocycles. The van der Waals surface area contributed by atoms with Crippen LogP contribution in [0, 0.1) is 0 Å². The number of carbonyl (C=O) groups is 1. The third kappa shape index (κ3) is 3.15. The normalized spacial score (nSPS) is 13.5. The first-order chi connectivity index (χ1) is 13.5. The molecule has 1 aromatic carbocycles. The predicted molar refractivity (Wildman–Crippen MR) is 105 cm³/mol. The van der Waals surface area contributed by atoms with Gasteiger partial charge in [0.25, 0.3) is 5.56 Å². The maximum atomic E-state index is 12.8. The number of hydrogen-bond donors (Lipinski definition) is 1. The van der Waals surface area contributed by atoms with Crippen molar-refractivity contribution in [3.05, 3.63) is 44.4 Å². The average molecular weight is 402 g/mol. The van der Waals surface area contributed by atoms with Crippen molar-refractivity contribution in [2.75, 3.05) is 19.5 Å². The Labute approximate surface area is 163 Å². The zero-order valence-corrected chi connectivity index (χ0v) is 16.1. The van der Waals surface area contributed by atoms with Crippen molar-refractivity contribution in [3.63, 3.8) is 0 Å². The minimum absolute atomic E-state index is 0.105. The van der Waals surface area contributed by atoms with Crippen LogP contribution >= 0.6 is 11.5 Å². The van der Waals surface area contributed by atoms with E-state index in [-0.39, 0.29) is 23.7 Å². The van der Waals surface area contributed by atoms with Crippen LogP contribution in [0.15, 0.2) is 33.2 Å². The average Bonchev–Trinajstić information content (AvgIpc) is 3.39. The Bertz CT molecular complexity index is 1170. The Morgan fingerprint density at radius 1 is 1.25 bits per heavy atom. The van der Waals surface area contributed by atoms with E-state index in [1.165, 1.54) is 23.4 Å². The molecule has 0 unspecified atom stereocenters. The summed E-state index contributed by atoms with van der Waals surface area (Å²) in [6, 6.07) is 4.88. The summed E-state index contributed by atoms with van der Waals surface area (Å²) in [5.74, 6) is 0.617. The van der Waals surface area contributed by atoms with E-state index in [9.17, 15) is 14.4 Å². The lowest BCUT2D eigenvalue weighted by atomic mass is 10.2. The topological polar surface area (TPSA) is 104 Å². The summed E-state index contributed by atoms with van der Waals surface area (Å²) in [4.78, 5) is 37.9. The first-order valence-electron chi connectivity index (χ1n) is 8.64. The van der Waals surface area contributed by atoms with Gasteiger partial charge < -0.3 is 14.8 Å². The molecule has 1 amide bonds. The number of rotatable bonds is 6. The van der Waals surface area contributed by atoms with Crippen molar-refractivity contribution in [2.24, 2.45) is 0 Å². The molecule has 3 aromatic rings. The smallest absolute Gasteiger partial charge is 0.332 e. The molecular formula is C18H18N4O5S. The Morgan fingerprint density at radius 2 is 2.00 bits per heavy atom. The van der Waals surface area contributed by atoms with Crippen LogP contribution in [-0.4, -0.2) is 33.6 Å². The van der Waals surface area contributed by atoms with Gasteiger partial charge in [-0.25, -0.2) is 4.79 Å². The van der Waals surface area contributed by atoms with Gasteiger partial charge in [0.2, 0.25) is 5.91 Å². The van der Waals surface area contributed by atoms with Crippen molar-refractivity contribution in [2.45, 2.75) is 25.4 Å². The number of carbonyl (C=O) groups excluding carboxylic acids is 1. The van der Waals surface area contributed by atoms with Crippen LogP contribution in [0.5, 0.6) is 11.5 Å². The molecule has 0 saturated heterocycles. The lowest BCUT2D eigenvalue weighted by molar-refractivity contribution is -0.116. The molecule has 28 heavy (non-hydrogen) atoms. The Balaban J connectivity index is 1.65. The first-order valence-corrected chi connectivity index (χ1v) is 9.48. The molecule has 0 spiro atoms. The van der Waals surface area contributed by atoms with Crippen LogP contribution in [0.25, 0.3) is 11.0 Å². The molecule has 4 rings (SSSR count). The maximum Gasteiger partial charge on any atom is 0.332 e. The first kappa shape index (κ1) is 18.2. The van der Waals surface area contributed by atoms with E-state index in [1.54, 1.807) is 23.6 Å². The highest BCUT2D eigenvalue weighted by molar-refractivity contribution is 7.04. The second-order valence-corrected chi connectivity index (χ2v) is 7.07. The van der Waals surface area contributed by atoms with Gasteiger partial charge in [-0.2, -0.15) is 4.37 Å². The molecule has 1 N–H and O–H groups in total. The molecular weight excluding hydrogens is 384 g/mol. The molecule has 2 aromatic heterocycles. The molecule has 0 aliphatic heterocycles. The Hall–Kier alpha value is -3.14. The fourth-order valence-corrected chi connectivity index (χ4v) is 3.74. The van der Waals surface area contributed by atoms with E-state index in [0.717, 1.165) is 24.4 Å². The van der Waals surface area contributed by atoms with Crippen molar-refractivity contribution < 1.29 is 14.3 Å². The molecule has 2 heterocycles. The molecule has 0 atom stereocenters. The van der Waals surface area contributed by atoms with Gasteiger partial charge in [-0.3, -0.25) is 18.7 Å². The second kappa shape index (κ2) is 7.12. The summed E-state index contributed by atoms with van der Waals surface area (Å²) in [5.41, 5.74) is 0.226. The standard InChI is InChI=1S/C18H18N4O5S/c1-26-13-6-3-10(7-14(13)27-2)19-15(23)8-21-12-9-28-20-16(12)17(24)22(18(21)25)11-4-5-11/h3,6-7,9,11H,4-5,8H2,1-2H3,(H,19,23). The minimum Gasteiger partial charge on any atom is -0.493 e. The Kier molecular flexibility index (Phi) is 4.63. The fourth-order valence-electron chi connectivity index (χ4n) is 3.07. The number of anilines is 1. The van der Waals surface area contributed by atoms with Crippen LogP contribution in [0.4, 0.5) is 5.69 Å². The number of ether oxygens (including phenoxy) is 2. The van der Waals surface area contributed by atoms with Crippen LogP contribution in [0.3, 0.4) is 0 Å². The van der Waals surface area contributed by atoms with E-state index in [2.05, 4.69) is 9.69 Å². The number of fused-ring (bicyclic) bond motifs is 1. The summed E-state index contributed by atoms with van der Waals surface area (Å²) < 4.78 is 17.0. The van der Waals surface area contributed by atoms with E-state index in [1.807, 2.05) is 0 Å².